The smallest absolute Gasteiger partial charge is 0.190 e. The van der Waals surface area contributed by atoms with Gasteiger partial charge in [0.2, 0.25) is 0 Å². The van der Waals surface area contributed by atoms with Crippen LogP contribution in [-0.2, 0) is 6.54 Å². The lowest BCUT2D eigenvalue weighted by Gasteiger charge is -2.05. The number of benzene rings is 1. The van der Waals surface area contributed by atoms with Gasteiger partial charge in [-0.15, -0.1) is 5.10 Å². The van der Waals surface area contributed by atoms with Crippen molar-refractivity contribution in [2.45, 2.75) is 19.9 Å². The van der Waals surface area contributed by atoms with Gasteiger partial charge in [-0.25, -0.2) is 4.68 Å². The minimum atomic E-state index is 0.372. The first kappa shape index (κ1) is 11.8. The summed E-state index contributed by atoms with van der Waals surface area (Å²) in [5.41, 5.74) is 2.11. The Morgan fingerprint density at radius 3 is 2.94 bits per heavy atom. The van der Waals surface area contributed by atoms with E-state index in [9.17, 15) is 0 Å². The number of aromatic nitrogens is 3. The first-order valence-corrected chi connectivity index (χ1v) is 6.15. The van der Waals surface area contributed by atoms with Crippen molar-refractivity contribution in [2.24, 2.45) is 0 Å². The highest BCUT2D eigenvalue weighted by Crippen LogP contribution is 2.25. The van der Waals surface area contributed by atoms with Crippen molar-refractivity contribution in [3.05, 3.63) is 34.4 Å². The van der Waals surface area contributed by atoms with E-state index in [1.165, 1.54) is 0 Å². The Bertz CT molecular complexity index is 568. The molecule has 0 saturated carbocycles. The second kappa shape index (κ2) is 5.11. The van der Waals surface area contributed by atoms with Gasteiger partial charge in [-0.05, 0) is 18.6 Å². The molecule has 1 aromatic heterocycles. The first-order valence-electron chi connectivity index (χ1n) is 5.35. The molecular formula is C12H11BrN4. The zero-order valence-corrected chi connectivity index (χ0v) is 11.0. The SMILES string of the molecule is CCCn1nnc(C#N)c1-c1cccc(Br)c1. The molecule has 0 aliphatic rings. The molecule has 0 atom stereocenters. The van der Waals surface area contributed by atoms with Crippen molar-refractivity contribution in [2.75, 3.05) is 0 Å². The molecule has 0 N–H and O–H groups in total. The maximum Gasteiger partial charge on any atom is 0.190 e. The van der Waals surface area contributed by atoms with Gasteiger partial charge in [0.15, 0.2) is 5.69 Å². The molecule has 5 heteroatoms. The molecule has 17 heavy (non-hydrogen) atoms. The summed E-state index contributed by atoms with van der Waals surface area (Å²) in [6.45, 7) is 2.83. The van der Waals surface area contributed by atoms with Gasteiger partial charge in [0.05, 0.1) is 0 Å². The largest absolute Gasteiger partial charge is 0.243 e. The number of nitrogens with zero attached hydrogens (tertiary/aromatic N) is 4. The molecule has 0 amide bonds. The molecule has 0 saturated heterocycles. The fourth-order valence-electron chi connectivity index (χ4n) is 1.68. The van der Waals surface area contributed by atoms with Gasteiger partial charge < -0.3 is 0 Å². The van der Waals surface area contributed by atoms with Crippen LogP contribution in [0.5, 0.6) is 0 Å². The van der Waals surface area contributed by atoms with E-state index in [1.807, 2.05) is 24.3 Å². The lowest BCUT2D eigenvalue weighted by atomic mass is 10.1. The third-order valence-corrected chi connectivity index (χ3v) is 2.87. The second-order valence-electron chi connectivity index (χ2n) is 3.63. The highest BCUT2D eigenvalue weighted by molar-refractivity contribution is 9.10. The highest BCUT2D eigenvalue weighted by atomic mass is 79.9. The quantitative estimate of drug-likeness (QED) is 0.873. The third kappa shape index (κ3) is 2.37. The lowest BCUT2D eigenvalue weighted by Crippen LogP contribution is -2.01. The van der Waals surface area contributed by atoms with E-state index in [2.05, 4.69) is 39.2 Å². The summed E-state index contributed by atoms with van der Waals surface area (Å²) < 4.78 is 2.75. The third-order valence-electron chi connectivity index (χ3n) is 2.37. The van der Waals surface area contributed by atoms with Gasteiger partial charge in [-0.1, -0.05) is 40.2 Å². The molecule has 0 aliphatic heterocycles. The van der Waals surface area contributed by atoms with Crippen molar-refractivity contribution >= 4 is 15.9 Å². The Labute approximate surface area is 108 Å². The summed E-state index contributed by atoms with van der Waals surface area (Å²) in [5, 5.41) is 17.0. The molecule has 4 nitrogen and oxygen atoms in total. The second-order valence-corrected chi connectivity index (χ2v) is 4.55. The highest BCUT2D eigenvalue weighted by Gasteiger charge is 2.14. The Morgan fingerprint density at radius 2 is 2.29 bits per heavy atom. The summed E-state index contributed by atoms with van der Waals surface area (Å²) in [4.78, 5) is 0. The van der Waals surface area contributed by atoms with Crippen LogP contribution >= 0.6 is 15.9 Å². The predicted molar refractivity (Wildman–Crippen MR) is 68.2 cm³/mol. The van der Waals surface area contributed by atoms with E-state index >= 15 is 0 Å². The molecule has 0 fully saturated rings. The Kier molecular flexibility index (Phi) is 3.55. The fourth-order valence-corrected chi connectivity index (χ4v) is 2.08. The zero-order chi connectivity index (χ0) is 12.3. The van der Waals surface area contributed by atoms with Crippen LogP contribution < -0.4 is 0 Å². The van der Waals surface area contributed by atoms with E-state index in [0.29, 0.717) is 5.69 Å². The molecular weight excluding hydrogens is 280 g/mol. The Balaban J connectivity index is 2.56. The van der Waals surface area contributed by atoms with Crippen LogP contribution in [0.25, 0.3) is 11.3 Å². The van der Waals surface area contributed by atoms with Gasteiger partial charge in [-0.2, -0.15) is 5.26 Å². The monoisotopic (exact) mass is 290 g/mol. The van der Waals surface area contributed by atoms with Gasteiger partial charge in [-0.3, -0.25) is 0 Å². The van der Waals surface area contributed by atoms with Gasteiger partial charge in [0.25, 0.3) is 0 Å². The van der Waals surface area contributed by atoms with Crippen molar-refractivity contribution in [3.8, 4) is 17.3 Å². The first-order chi connectivity index (χ1) is 8.26. The normalized spacial score (nSPS) is 10.2. The van der Waals surface area contributed by atoms with Crippen LogP contribution in [0.15, 0.2) is 28.7 Å². The van der Waals surface area contributed by atoms with E-state index in [4.69, 9.17) is 5.26 Å². The van der Waals surface area contributed by atoms with Crippen LogP contribution in [-0.4, -0.2) is 15.0 Å². The average Bonchev–Trinajstić information content (AvgIpc) is 2.72. The number of hydrogen-bond acceptors (Lipinski definition) is 3. The van der Waals surface area contributed by atoms with Crippen molar-refractivity contribution in [1.29, 1.82) is 5.26 Å². The topological polar surface area (TPSA) is 54.5 Å². The molecule has 0 spiro atoms. The maximum absolute atomic E-state index is 9.05. The molecule has 0 bridgehead atoms. The van der Waals surface area contributed by atoms with E-state index in [-0.39, 0.29) is 0 Å². The molecule has 2 aromatic rings. The number of aryl methyl sites for hydroxylation is 1. The van der Waals surface area contributed by atoms with E-state index in [1.54, 1.807) is 4.68 Å². The molecule has 1 heterocycles. The predicted octanol–water partition coefficient (Wildman–Crippen LogP) is 2.99. The molecule has 0 unspecified atom stereocenters. The summed E-state index contributed by atoms with van der Waals surface area (Å²) in [7, 11) is 0. The number of halogens is 1. The summed E-state index contributed by atoms with van der Waals surface area (Å²) in [6.07, 6.45) is 0.954. The maximum atomic E-state index is 9.05. The van der Waals surface area contributed by atoms with Gasteiger partial charge in [0.1, 0.15) is 11.8 Å². The molecule has 0 radical (unpaired) electrons. The minimum Gasteiger partial charge on any atom is -0.243 e. The van der Waals surface area contributed by atoms with Crippen LogP contribution in [0.1, 0.15) is 19.0 Å². The summed E-state index contributed by atoms with van der Waals surface area (Å²) >= 11 is 3.42. The van der Waals surface area contributed by atoms with Crippen molar-refractivity contribution < 1.29 is 0 Å². The molecule has 2 rings (SSSR count). The Morgan fingerprint density at radius 1 is 1.47 bits per heavy atom. The summed E-state index contributed by atoms with van der Waals surface area (Å²) in [6, 6.07) is 9.88. The van der Waals surface area contributed by atoms with Crippen molar-refractivity contribution in [3.63, 3.8) is 0 Å². The van der Waals surface area contributed by atoms with Crippen molar-refractivity contribution in [1.82, 2.24) is 15.0 Å². The van der Waals surface area contributed by atoms with Crippen LogP contribution in [0.3, 0.4) is 0 Å². The molecule has 1 aromatic carbocycles. The van der Waals surface area contributed by atoms with Gasteiger partial charge >= 0.3 is 0 Å². The average molecular weight is 291 g/mol. The van der Waals surface area contributed by atoms with Crippen LogP contribution in [0, 0.1) is 11.3 Å². The summed E-state index contributed by atoms with van der Waals surface area (Å²) in [5.74, 6) is 0. The molecule has 86 valence electrons. The minimum absolute atomic E-state index is 0.372. The zero-order valence-electron chi connectivity index (χ0n) is 9.39. The van der Waals surface area contributed by atoms with Crippen LogP contribution in [0.4, 0.5) is 0 Å². The Hall–Kier alpha value is -1.67. The molecule has 0 aliphatic carbocycles. The standard InChI is InChI=1S/C12H11BrN4/c1-2-6-17-12(11(8-14)15-16-17)9-4-3-5-10(13)7-9/h3-5,7H,2,6H2,1H3. The lowest BCUT2D eigenvalue weighted by molar-refractivity contribution is 0.584. The van der Waals surface area contributed by atoms with Gasteiger partial charge in [0, 0.05) is 16.6 Å². The number of hydrogen-bond donors (Lipinski definition) is 0. The number of nitriles is 1. The number of rotatable bonds is 3. The van der Waals surface area contributed by atoms with E-state index in [0.717, 1.165) is 28.7 Å². The van der Waals surface area contributed by atoms with E-state index < -0.39 is 0 Å². The van der Waals surface area contributed by atoms with Crippen LogP contribution in [0.2, 0.25) is 0 Å². The fraction of sp³-hybridized carbons (Fsp3) is 0.250.